The number of hydrogen-bond donors (Lipinski definition) is 2. The molecule has 1 aromatic heterocycles. The molecule has 0 aliphatic carbocycles. The van der Waals surface area contributed by atoms with E-state index >= 15 is 0 Å². The lowest BCUT2D eigenvalue weighted by atomic mass is 10.1. The van der Waals surface area contributed by atoms with Gasteiger partial charge in [-0.3, -0.25) is 9.71 Å². The molecule has 0 spiro atoms. The van der Waals surface area contributed by atoms with Crippen molar-refractivity contribution in [2.75, 3.05) is 17.1 Å². The Morgan fingerprint density at radius 2 is 1.78 bits per heavy atom. The third-order valence-corrected chi connectivity index (χ3v) is 5.19. The predicted octanol–water partition coefficient (Wildman–Crippen LogP) is 3.97. The Hall–Kier alpha value is -3.32. The van der Waals surface area contributed by atoms with E-state index in [4.69, 9.17) is 4.74 Å². The Morgan fingerprint density at radius 1 is 1.04 bits per heavy atom. The van der Waals surface area contributed by atoms with Gasteiger partial charge in [0, 0.05) is 17.6 Å². The first-order chi connectivity index (χ1) is 13.0. The topological polar surface area (TPSA) is 80.3 Å². The zero-order chi connectivity index (χ0) is 19.3. The number of nitrogens with one attached hydrogen (secondary N) is 2. The molecular formula is C20H19N3O3S. The molecule has 138 valence electrons. The van der Waals surface area contributed by atoms with Crippen LogP contribution in [0.5, 0.6) is 5.75 Å². The molecule has 3 rings (SSSR count). The van der Waals surface area contributed by atoms with Crippen molar-refractivity contribution in [3.63, 3.8) is 0 Å². The molecule has 0 amide bonds. The number of para-hydroxylation sites is 1. The third kappa shape index (κ3) is 4.45. The van der Waals surface area contributed by atoms with Crippen LogP contribution in [0.2, 0.25) is 0 Å². The van der Waals surface area contributed by atoms with Gasteiger partial charge in [-0.1, -0.05) is 24.8 Å². The lowest BCUT2D eigenvalue weighted by Gasteiger charge is -2.15. The molecule has 0 bridgehead atoms. The summed E-state index contributed by atoms with van der Waals surface area (Å²) in [6.45, 7) is 4.01. The van der Waals surface area contributed by atoms with E-state index in [1.54, 1.807) is 30.5 Å². The Kier molecular flexibility index (Phi) is 5.42. The summed E-state index contributed by atoms with van der Waals surface area (Å²) in [6.07, 6.45) is 3.00. The van der Waals surface area contributed by atoms with E-state index in [1.807, 2.05) is 30.3 Å². The quantitative estimate of drug-likeness (QED) is 0.647. The highest BCUT2D eigenvalue weighted by Gasteiger charge is 2.21. The van der Waals surface area contributed by atoms with Crippen molar-refractivity contribution in [2.45, 2.75) is 4.90 Å². The van der Waals surface area contributed by atoms with Crippen molar-refractivity contribution in [3.05, 3.63) is 85.2 Å². The van der Waals surface area contributed by atoms with E-state index in [2.05, 4.69) is 21.6 Å². The van der Waals surface area contributed by atoms with Gasteiger partial charge in [0.2, 0.25) is 0 Å². The van der Waals surface area contributed by atoms with Crippen LogP contribution in [0.4, 0.5) is 11.4 Å². The zero-order valence-corrected chi connectivity index (χ0v) is 15.5. The normalized spacial score (nSPS) is 10.9. The number of aromatic nitrogens is 1. The second kappa shape index (κ2) is 7.92. The van der Waals surface area contributed by atoms with Gasteiger partial charge in [-0.05, 0) is 48.0 Å². The molecule has 0 saturated carbocycles. The first-order valence-electron chi connectivity index (χ1n) is 8.12. The highest BCUT2D eigenvalue weighted by Crippen LogP contribution is 2.29. The van der Waals surface area contributed by atoms with Gasteiger partial charge in [0.25, 0.3) is 10.0 Å². The second-order valence-electron chi connectivity index (χ2n) is 5.68. The summed E-state index contributed by atoms with van der Waals surface area (Å²) in [4.78, 5) is 3.93. The number of methoxy groups -OCH3 is 1. The Morgan fingerprint density at radius 3 is 2.44 bits per heavy atom. The van der Waals surface area contributed by atoms with Crippen LogP contribution in [0.1, 0.15) is 5.56 Å². The largest absolute Gasteiger partial charge is 0.495 e. The van der Waals surface area contributed by atoms with E-state index < -0.39 is 10.0 Å². The van der Waals surface area contributed by atoms with Gasteiger partial charge in [-0.15, -0.1) is 0 Å². The highest BCUT2D eigenvalue weighted by molar-refractivity contribution is 7.92. The first kappa shape index (κ1) is 18.5. The maximum absolute atomic E-state index is 12.8. The first-order valence-corrected chi connectivity index (χ1v) is 9.60. The summed E-state index contributed by atoms with van der Waals surface area (Å²) in [5.41, 5.74) is 2.43. The molecule has 0 saturated heterocycles. The van der Waals surface area contributed by atoms with Crippen LogP contribution in [-0.4, -0.2) is 20.5 Å². The molecule has 0 radical (unpaired) electrons. The summed E-state index contributed by atoms with van der Waals surface area (Å²) in [5.74, 6) is 0.239. The van der Waals surface area contributed by atoms with Crippen LogP contribution in [0, 0.1) is 0 Å². The summed E-state index contributed by atoms with van der Waals surface area (Å²) in [5, 5.41) is 3.16. The standard InChI is InChI=1S/C20H19N3O3S/c1-15(22-17-7-4-3-5-8-17)16-10-11-19(26-2)20(13-16)27(24,25)23-18-9-6-12-21-14-18/h3-14,22-23H,1H2,2H3. The van der Waals surface area contributed by atoms with E-state index in [-0.39, 0.29) is 10.6 Å². The van der Waals surface area contributed by atoms with Gasteiger partial charge in [0.05, 0.1) is 19.0 Å². The van der Waals surface area contributed by atoms with Crippen molar-refractivity contribution in [1.82, 2.24) is 4.98 Å². The zero-order valence-electron chi connectivity index (χ0n) is 14.7. The lowest BCUT2D eigenvalue weighted by molar-refractivity contribution is 0.403. The number of hydrogen-bond acceptors (Lipinski definition) is 5. The molecule has 2 N–H and O–H groups in total. The average Bonchev–Trinajstić information content (AvgIpc) is 2.68. The summed E-state index contributed by atoms with van der Waals surface area (Å²) in [6, 6.07) is 17.7. The fraction of sp³-hybridized carbons (Fsp3) is 0.0500. The summed E-state index contributed by atoms with van der Waals surface area (Å²) in [7, 11) is -2.44. The summed E-state index contributed by atoms with van der Waals surface area (Å²) >= 11 is 0. The maximum Gasteiger partial charge on any atom is 0.265 e. The van der Waals surface area contributed by atoms with E-state index in [1.165, 1.54) is 19.4 Å². The van der Waals surface area contributed by atoms with Gasteiger partial charge in [-0.2, -0.15) is 0 Å². The fourth-order valence-electron chi connectivity index (χ4n) is 2.48. The Bertz CT molecular complexity index is 1040. The molecule has 0 aliphatic rings. The van der Waals surface area contributed by atoms with E-state index in [0.29, 0.717) is 16.9 Å². The molecular weight excluding hydrogens is 362 g/mol. The molecule has 27 heavy (non-hydrogen) atoms. The van der Waals surface area contributed by atoms with Crippen molar-refractivity contribution in [2.24, 2.45) is 0 Å². The minimum Gasteiger partial charge on any atom is -0.495 e. The SMILES string of the molecule is C=C(Nc1ccccc1)c1ccc(OC)c(S(=O)(=O)Nc2cccnc2)c1. The monoisotopic (exact) mass is 381 g/mol. The van der Waals surface area contributed by atoms with Crippen LogP contribution >= 0.6 is 0 Å². The molecule has 2 aromatic carbocycles. The Labute approximate surface area is 158 Å². The van der Waals surface area contributed by atoms with Crippen LogP contribution in [0.3, 0.4) is 0 Å². The number of anilines is 2. The van der Waals surface area contributed by atoms with Crippen LogP contribution < -0.4 is 14.8 Å². The van der Waals surface area contributed by atoms with Gasteiger partial charge >= 0.3 is 0 Å². The van der Waals surface area contributed by atoms with Gasteiger partial charge < -0.3 is 10.1 Å². The molecule has 1 heterocycles. The molecule has 0 unspecified atom stereocenters. The van der Waals surface area contributed by atoms with Crippen molar-refractivity contribution >= 4 is 27.1 Å². The number of benzene rings is 2. The van der Waals surface area contributed by atoms with E-state index in [0.717, 1.165) is 5.69 Å². The smallest absolute Gasteiger partial charge is 0.265 e. The van der Waals surface area contributed by atoms with Crippen molar-refractivity contribution in [1.29, 1.82) is 0 Å². The predicted molar refractivity (Wildman–Crippen MR) is 107 cm³/mol. The number of sulfonamides is 1. The minimum atomic E-state index is -3.87. The van der Waals surface area contributed by atoms with Crippen molar-refractivity contribution < 1.29 is 13.2 Å². The van der Waals surface area contributed by atoms with E-state index in [9.17, 15) is 8.42 Å². The lowest BCUT2D eigenvalue weighted by Crippen LogP contribution is -2.14. The molecule has 6 nitrogen and oxygen atoms in total. The number of nitrogens with zero attached hydrogens (tertiary/aromatic N) is 1. The minimum absolute atomic E-state index is 0.0161. The number of ether oxygens (including phenoxy) is 1. The fourth-order valence-corrected chi connectivity index (χ4v) is 3.71. The Balaban J connectivity index is 1.92. The summed E-state index contributed by atoms with van der Waals surface area (Å²) < 4.78 is 33.4. The molecule has 0 aliphatic heterocycles. The highest BCUT2D eigenvalue weighted by atomic mass is 32.2. The van der Waals surface area contributed by atoms with Crippen molar-refractivity contribution in [3.8, 4) is 5.75 Å². The number of rotatable bonds is 7. The second-order valence-corrected chi connectivity index (χ2v) is 7.33. The maximum atomic E-state index is 12.8. The number of pyridine rings is 1. The van der Waals surface area contributed by atoms with Gasteiger partial charge in [0.15, 0.2) is 0 Å². The van der Waals surface area contributed by atoms with Crippen LogP contribution in [0.15, 0.2) is 84.5 Å². The molecule has 0 atom stereocenters. The van der Waals surface area contributed by atoms with Crippen LogP contribution in [0.25, 0.3) is 5.70 Å². The third-order valence-electron chi connectivity index (χ3n) is 3.78. The van der Waals surface area contributed by atoms with Gasteiger partial charge in [0.1, 0.15) is 10.6 Å². The molecule has 7 heteroatoms. The van der Waals surface area contributed by atoms with Crippen LogP contribution in [-0.2, 0) is 10.0 Å². The molecule has 3 aromatic rings. The average molecular weight is 381 g/mol. The van der Waals surface area contributed by atoms with Gasteiger partial charge in [-0.25, -0.2) is 8.42 Å². The molecule has 0 fully saturated rings.